The number of aromatic nitrogens is 2. The van der Waals surface area contributed by atoms with Gasteiger partial charge in [0.25, 0.3) is 11.5 Å². The van der Waals surface area contributed by atoms with Crippen molar-refractivity contribution in [3.63, 3.8) is 0 Å². The van der Waals surface area contributed by atoms with Crippen molar-refractivity contribution in [1.82, 2.24) is 9.13 Å². The van der Waals surface area contributed by atoms with Crippen molar-refractivity contribution in [1.29, 1.82) is 0 Å². The summed E-state index contributed by atoms with van der Waals surface area (Å²) in [5.41, 5.74) is -1.09. The van der Waals surface area contributed by atoms with Crippen LogP contribution in [0.4, 0.5) is 0 Å². The first-order valence-electron chi connectivity index (χ1n) is 8.22. The van der Waals surface area contributed by atoms with E-state index in [-0.39, 0.29) is 24.4 Å². The molecule has 1 fully saturated rings. The van der Waals surface area contributed by atoms with Crippen LogP contribution >= 0.6 is 0 Å². The molecule has 1 unspecified atom stereocenters. The highest BCUT2D eigenvalue weighted by Gasteiger charge is 2.33. The summed E-state index contributed by atoms with van der Waals surface area (Å²) in [4.78, 5) is 37.7. The molecule has 3 atom stereocenters. The number of carbonyl (C=O) groups is 1. The van der Waals surface area contributed by atoms with Gasteiger partial charge >= 0.3 is 5.69 Å². The van der Waals surface area contributed by atoms with Gasteiger partial charge in [-0.15, -0.1) is 0 Å². The van der Waals surface area contributed by atoms with Crippen molar-refractivity contribution in [3.05, 3.63) is 68.5 Å². The van der Waals surface area contributed by atoms with Crippen molar-refractivity contribution in [2.45, 2.75) is 38.7 Å². The maximum atomic E-state index is 12.7. The van der Waals surface area contributed by atoms with Crippen LogP contribution in [0.1, 0.15) is 36.8 Å². The molecule has 2 aromatic rings. The molecule has 2 heterocycles. The van der Waals surface area contributed by atoms with Crippen molar-refractivity contribution in [3.8, 4) is 0 Å². The maximum Gasteiger partial charge on any atom is 0.340 e. The number of ether oxygens (including phenoxy) is 1. The summed E-state index contributed by atoms with van der Waals surface area (Å²) in [7, 11) is 0. The van der Waals surface area contributed by atoms with Crippen molar-refractivity contribution >= 4 is 5.91 Å². The zero-order valence-electron chi connectivity index (χ0n) is 14.1. The monoisotopic (exact) mass is 331 g/mol. The number of nitrogens with zero attached hydrogens (tertiary/aromatic N) is 2. The fraction of sp³-hybridized carbons (Fsp3) is 0.353. The summed E-state index contributed by atoms with van der Waals surface area (Å²) in [6, 6.07) is 8.05. The van der Waals surface area contributed by atoms with E-state index in [0.717, 1.165) is 4.57 Å². The normalized spacial score (nSPS) is 23.9. The maximum absolute atomic E-state index is 12.7. The number of hydrogen-bond donors (Lipinski definition) is 1. The highest BCUT2D eigenvalue weighted by Crippen LogP contribution is 2.27. The standard InChI is InChI=1S/C17H18N2O5/c1-10-9-18(14-8-13(20)11(2)24-14)17(23)19(15(10)21)16(22)12-6-4-3-5-7-12/h3-7,9,11,13-14,20H,8H2,1-2H3/t11-,13?,14-/m1/s1/i2D. The summed E-state index contributed by atoms with van der Waals surface area (Å²) in [5.74, 6) is -0.719. The fourth-order valence-electron chi connectivity index (χ4n) is 2.68. The summed E-state index contributed by atoms with van der Waals surface area (Å²) in [6.45, 7) is 1.36. The van der Waals surface area contributed by atoms with Crippen LogP contribution in [0.15, 0.2) is 46.1 Å². The van der Waals surface area contributed by atoms with Gasteiger partial charge in [-0.2, -0.15) is 4.57 Å². The lowest BCUT2D eigenvalue weighted by Crippen LogP contribution is -2.45. The third-order valence-corrected chi connectivity index (χ3v) is 4.02. The number of aryl methyl sites for hydroxylation is 1. The molecule has 126 valence electrons. The molecular formula is C17H18N2O5. The predicted octanol–water partition coefficient (Wildman–Crippen LogP) is 0.675. The molecule has 0 saturated carbocycles. The van der Waals surface area contributed by atoms with Crippen LogP contribution in [-0.4, -0.2) is 32.4 Å². The van der Waals surface area contributed by atoms with Gasteiger partial charge in [0.05, 0.1) is 12.2 Å². The minimum Gasteiger partial charge on any atom is -0.390 e. The second-order valence-corrected chi connectivity index (χ2v) is 5.75. The molecular weight excluding hydrogens is 312 g/mol. The lowest BCUT2D eigenvalue weighted by atomic mass is 10.2. The summed E-state index contributed by atoms with van der Waals surface area (Å²) in [5, 5.41) is 9.90. The highest BCUT2D eigenvalue weighted by atomic mass is 16.5. The van der Waals surface area contributed by atoms with Crippen LogP contribution in [0.5, 0.6) is 0 Å². The Hall–Kier alpha value is -2.51. The van der Waals surface area contributed by atoms with E-state index in [2.05, 4.69) is 0 Å². The molecule has 0 radical (unpaired) electrons. The number of carbonyl (C=O) groups excluding carboxylic acids is 1. The Morgan fingerprint density at radius 2 is 2.04 bits per heavy atom. The van der Waals surface area contributed by atoms with E-state index in [9.17, 15) is 19.5 Å². The van der Waals surface area contributed by atoms with Gasteiger partial charge in [0, 0.05) is 25.1 Å². The number of benzene rings is 1. The molecule has 1 aliphatic heterocycles. The van der Waals surface area contributed by atoms with Gasteiger partial charge in [0.2, 0.25) is 0 Å². The molecule has 3 rings (SSSR count). The molecule has 7 heteroatoms. The number of hydrogen-bond acceptors (Lipinski definition) is 5. The first kappa shape index (κ1) is 15.0. The Morgan fingerprint density at radius 3 is 2.67 bits per heavy atom. The Kier molecular flexibility index (Phi) is 3.87. The predicted molar refractivity (Wildman–Crippen MR) is 86.1 cm³/mol. The molecule has 0 aliphatic carbocycles. The SMILES string of the molecule is [2H]C[C@H]1O[C@@H](n2cc(C)c(=O)n(C(=O)c3ccccc3)c2=O)CC1O. The average Bonchev–Trinajstić information content (AvgIpc) is 2.99. The lowest BCUT2D eigenvalue weighted by molar-refractivity contribution is -0.0106. The molecule has 1 aromatic heterocycles. The zero-order valence-corrected chi connectivity index (χ0v) is 13.1. The minimum atomic E-state index is -0.875. The van der Waals surface area contributed by atoms with Gasteiger partial charge in [-0.3, -0.25) is 14.2 Å². The average molecular weight is 331 g/mol. The minimum absolute atomic E-state index is 0.112. The van der Waals surface area contributed by atoms with Gasteiger partial charge in [-0.05, 0) is 26.0 Å². The van der Waals surface area contributed by atoms with E-state index < -0.39 is 35.6 Å². The van der Waals surface area contributed by atoms with Gasteiger partial charge < -0.3 is 9.84 Å². The van der Waals surface area contributed by atoms with Crippen molar-refractivity contribution < 1.29 is 16.0 Å². The third kappa shape index (κ3) is 2.72. The van der Waals surface area contributed by atoms with Gasteiger partial charge in [-0.25, -0.2) is 4.79 Å². The van der Waals surface area contributed by atoms with Gasteiger partial charge in [0.1, 0.15) is 6.23 Å². The molecule has 1 aliphatic rings. The molecule has 24 heavy (non-hydrogen) atoms. The highest BCUT2D eigenvalue weighted by molar-refractivity contribution is 5.95. The molecule has 1 saturated heterocycles. The number of aliphatic hydroxyl groups is 1. The van der Waals surface area contributed by atoms with E-state index in [1.165, 1.54) is 25.3 Å². The van der Waals surface area contributed by atoms with E-state index >= 15 is 0 Å². The molecule has 1 aromatic carbocycles. The summed E-state index contributed by atoms with van der Waals surface area (Å²) >= 11 is 0. The molecule has 0 spiro atoms. The first-order valence-corrected chi connectivity index (χ1v) is 7.51. The Balaban J connectivity index is 2.09. The smallest absolute Gasteiger partial charge is 0.340 e. The molecule has 1 N–H and O–H groups in total. The molecule has 0 amide bonds. The Bertz CT molecular complexity index is 905. The van der Waals surface area contributed by atoms with Crippen LogP contribution in [0.25, 0.3) is 0 Å². The Morgan fingerprint density at radius 1 is 1.33 bits per heavy atom. The fourth-order valence-corrected chi connectivity index (χ4v) is 2.68. The summed E-state index contributed by atoms with van der Waals surface area (Å²) < 4.78 is 14.6. The first-order chi connectivity index (χ1) is 11.9. The van der Waals surface area contributed by atoms with E-state index in [0.29, 0.717) is 4.57 Å². The zero-order chi connectivity index (χ0) is 18.1. The van der Waals surface area contributed by atoms with Gasteiger partial charge in [-0.1, -0.05) is 18.2 Å². The second kappa shape index (κ2) is 6.18. The second-order valence-electron chi connectivity index (χ2n) is 5.75. The third-order valence-electron chi connectivity index (χ3n) is 4.02. The van der Waals surface area contributed by atoms with Crippen LogP contribution < -0.4 is 11.2 Å². The van der Waals surface area contributed by atoms with E-state index in [4.69, 9.17) is 6.11 Å². The molecule has 0 bridgehead atoms. The van der Waals surface area contributed by atoms with E-state index in [1.54, 1.807) is 18.2 Å². The van der Waals surface area contributed by atoms with Crippen LogP contribution in [0.3, 0.4) is 0 Å². The Labute approximate surface area is 139 Å². The quantitative estimate of drug-likeness (QED) is 0.874. The number of rotatable bonds is 2. The van der Waals surface area contributed by atoms with E-state index in [1.807, 2.05) is 0 Å². The lowest BCUT2D eigenvalue weighted by Gasteiger charge is -2.16. The van der Waals surface area contributed by atoms with Crippen molar-refractivity contribution in [2.24, 2.45) is 0 Å². The van der Waals surface area contributed by atoms with Crippen LogP contribution in [0.2, 0.25) is 0 Å². The summed E-state index contributed by atoms with van der Waals surface area (Å²) in [6.07, 6.45) is -0.974. The van der Waals surface area contributed by atoms with Crippen molar-refractivity contribution in [2.75, 3.05) is 0 Å². The van der Waals surface area contributed by atoms with Crippen LogP contribution in [0, 0.1) is 6.92 Å². The largest absolute Gasteiger partial charge is 0.390 e. The molecule has 7 nitrogen and oxygen atoms in total. The van der Waals surface area contributed by atoms with Gasteiger partial charge in [0.15, 0.2) is 0 Å². The topological polar surface area (TPSA) is 90.5 Å². The van der Waals surface area contributed by atoms with Crippen LogP contribution in [-0.2, 0) is 4.74 Å². The number of aliphatic hydroxyl groups excluding tert-OH is 1.